The number of anilines is 2. The molecule has 0 spiro atoms. The van der Waals surface area contributed by atoms with Crippen LogP contribution in [-0.2, 0) is 14.4 Å². The van der Waals surface area contributed by atoms with Gasteiger partial charge in [0.05, 0.1) is 29.7 Å². The lowest BCUT2D eigenvalue weighted by Crippen LogP contribution is -2.56. The molecule has 1 aliphatic carbocycles. The molecule has 3 aromatic rings. The number of ether oxygens (including phenoxy) is 2. The first-order valence-electron chi connectivity index (χ1n) is 16.3. The molecular weight excluding hydrogens is 660 g/mol. The van der Waals surface area contributed by atoms with Crippen molar-refractivity contribution >= 4 is 44.9 Å². The molecule has 252 valence electrons. The SMILES string of the molecule is CCCCCCOc1c(Br)cc(C2C(C(=O)Nc3cccc(C)c3C)C(=O)CC(C)(O)C2C(=O)Nc2cccc(C)c2C)cc1OC. The van der Waals surface area contributed by atoms with E-state index in [9.17, 15) is 19.5 Å². The third kappa shape index (κ3) is 8.07. The molecule has 0 radical (unpaired) electrons. The van der Waals surface area contributed by atoms with Gasteiger partial charge in [0.1, 0.15) is 11.7 Å². The van der Waals surface area contributed by atoms with Crippen LogP contribution in [-0.4, -0.2) is 42.0 Å². The summed E-state index contributed by atoms with van der Waals surface area (Å²) in [7, 11) is 1.52. The topological polar surface area (TPSA) is 114 Å². The molecule has 1 aliphatic rings. The number of halogens is 1. The normalized spacial score (nSPS) is 20.9. The Labute approximate surface area is 286 Å². The Balaban J connectivity index is 1.83. The Morgan fingerprint density at radius 3 is 2.11 bits per heavy atom. The van der Waals surface area contributed by atoms with Crippen molar-refractivity contribution in [1.82, 2.24) is 0 Å². The molecule has 4 atom stereocenters. The molecule has 4 rings (SSSR count). The minimum Gasteiger partial charge on any atom is -0.493 e. The molecule has 0 saturated heterocycles. The minimum absolute atomic E-state index is 0.365. The highest BCUT2D eigenvalue weighted by atomic mass is 79.9. The van der Waals surface area contributed by atoms with Crippen molar-refractivity contribution in [3.63, 3.8) is 0 Å². The lowest BCUT2D eigenvalue weighted by molar-refractivity contribution is -0.150. The van der Waals surface area contributed by atoms with Crippen LogP contribution in [0.25, 0.3) is 0 Å². The highest BCUT2D eigenvalue weighted by Gasteiger charge is 2.56. The molecule has 0 aromatic heterocycles. The quantitative estimate of drug-likeness (QED) is 0.130. The average Bonchev–Trinajstić information content (AvgIpc) is 3.01. The maximum absolute atomic E-state index is 14.3. The number of amides is 2. The molecule has 0 heterocycles. The second kappa shape index (κ2) is 15.5. The molecule has 0 bridgehead atoms. The van der Waals surface area contributed by atoms with Crippen molar-refractivity contribution in [3.8, 4) is 11.5 Å². The number of hydrogen-bond donors (Lipinski definition) is 3. The molecule has 1 fully saturated rings. The van der Waals surface area contributed by atoms with Crippen LogP contribution in [0.1, 0.15) is 79.7 Å². The molecule has 9 heteroatoms. The summed E-state index contributed by atoms with van der Waals surface area (Å²) in [6, 6.07) is 14.6. The Morgan fingerprint density at radius 1 is 0.936 bits per heavy atom. The van der Waals surface area contributed by atoms with Crippen molar-refractivity contribution in [2.24, 2.45) is 11.8 Å². The number of ketones is 1. The number of hydrogen-bond acceptors (Lipinski definition) is 6. The van der Waals surface area contributed by atoms with E-state index in [0.29, 0.717) is 39.5 Å². The number of aliphatic hydroxyl groups is 1. The van der Waals surface area contributed by atoms with E-state index in [1.54, 1.807) is 24.3 Å². The van der Waals surface area contributed by atoms with Crippen LogP contribution >= 0.6 is 15.9 Å². The van der Waals surface area contributed by atoms with E-state index >= 15 is 0 Å². The van der Waals surface area contributed by atoms with E-state index in [2.05, 4.69) is 33.5 Å². The van der Waals surface area contributed by atoms with Crippen LogP contribution in [0, 0.1) is 39.5 Å². The number of Topliss-reactive ketones (excluding diaryl/α,β-unsaturated/α-hetero) is 1. The summed E-state index contributed by atoms with van der Waals surface area (Å²) in [5.74, 6) is -4.08. The Kier molecular flexibility index (Phi) is 11.9. The number of aryl methyl sites for hydroxylation is 2. The van der Waals surface area contributed by atoms with E-state index in [1.807, 2.05) is 52.0 Å². The maximum atomic E-state index is 14.3. The lowest BCUT2D eigenvalue weighted by atomic mass is 9.61. The average molecular weight is 708 g/mol. The summed E-state index contributed by atoms with van der Waals surface area (Å²) in [5, 5.41) is 17.8. The summed E-state index contributed by atoms with van der Waals surface area (Å²) in [6.45, 7) is 11.8. The van der Waals surface area contributed by atoms with Gasteiger partial charge < -0.3 is 25.2 Å². The van der Waals surface area contributed by atoms with Crippen LogP contribution < -0.4 is 20.1 Å². The summed E-state index contributed by atoms with van der Waals surface area (Å²) < 4.78 is 12.4. The predicted molar refractivity (Wildman–Crippen MR) is 189 cm³/mol. The van der Waals surface area contributed by atoms with Gasteiger partial charge in [0.15, 0.2) is 11.5 Å². The zero-order valence-corrected chi connectivity index (χ0v) is 30.0. The largest absolute Gasteiger partial charge is 0.493 e. The van der Waals surface area contributed by atoms with Gasteiger partial charge in [-0.25, -0.2) is 0 Å². The summed E-state index contributed by atoms with van der Waals surface area (Å²) in [6.07, 6.45) is 3.79. The van der Waals surface area contributed by atoms with Gasteiger partial charge in [0, 0.05) is 23.7 Å². The second-order valence-corrected chi connectivity index (χ2v) is 13.8. The molecule has 1 saturated carbocycles. The van der Waals surface area contributed by atoms with Gasteiger partial charge in [-0.15, -0.1) is 0 Å². The number of carbonyl (C=O) groups excluding carboxylic acids is 3. The first kappa shape index (κ1) is 36.2. The lowest BCUT2D eigenvalue weighted by Gasteiger charge is -2.44. The highest BCUT2D eigenvalue weighted by Crippen LogP contribution is 2.49. The van der Waals surface area contributed by atoms with Gasteiger partial charge in [-0.1, -0.05) is 50.5 Å². The van der Waals surface area contributed by atoms with Gasteiger partial charge in [-0.05, 0) is 109 Å². The fourth-order valence-corrected chi connectivity index (χ4v) is 7.04. The molecule has 3 N–H and O–H groups in total. The van der Waals surface area contributed by atoms with E-state index in [1.165, 1.54) is 14.0 Å². The van der Waals surface area contributed by atoms with E-state index in [4.69, 9.17) is 9.47 Å². The van der Waals surface area contributed by atoms with Gasteiger partial charge in [0.25, 0.3) is 0 Å². The minimum atomic E-state index is -1.76. The summed E-state index contributed by atoms with van der Waals surface area (Å²) in [4.78, 5) is 42.4. The standard InChI is InChI=1S/C38H47BrN2O6/c1-8-9-10-11-18-47-35-27(39)19-26(20-31(35)46-7)32-33(36(43)40-28-16-12-14-22(2)24(28)4)30(42)21-38(6,45)34(32)37(44)41-29-17-13-15-23(3)25(29)5/h12-17,19-20,32-34,45H,8-11,18,21H2,1-7H3,(H,40,43)(H,41,44). The molecule has 4 unspecified atom stereocenters. The Bertz CT molecular complexity index is 1630. The zero-order valence-electron chi connectivity index (χ0n) is 28.5. The first-order chi connectivity index (χ1) is 22.3. The molecule has 3 aromatic carbocycles. The van der Waals surface area contributed by atoms with Crippen molar-refractivity contribution in [2.75, 3.05) is 24.4 Å². The van der Waals surface area contributed by atoms with E-state index in [0.717, 1.165) is 47.9 Å². The highest BCUT2D eigenvalue weighted by molar-refractivity contribution is 9.10. The fraction of sp³-hybridized carbons (Fsp3) is 0.447. The van der Waals surface area contributed by atoms with Gasteiger partial charge in [0.2, 0.25) is 11.8 Å². The van der Waals surface area contributed by atoms with Crippen LogP contribution in [0.5, 0.6) is 11.5 Å². The van der Waals surface area contributed by atoms with Gasteiger partial charge in [-0.3, -0.25) is 14.4 Å². The molecular formula is C38H47BrN2O6. The Hall–Kier alpha value is -3.69. The monoisotopic (exact) mass is 706 g/mol. The van der Waals surface area contributed by atoms with Crippen molar-refractivity contribution in [1.29, 1.82) is 0 Å². The van der Waals surface area contributed by atoms with Crippen molar-refractivity contribution in [2.45, 2.75) is 85.2 Å². The number of benzene rings is 3. The fourth-order valence-electron chi connectivity index (χ4n) is 6.46. The van der Waals surface area contributed by atoms with Crippen molar-refractivity contribution in [3.05, 3.63) is 80.8 Å². The molecule has 0 aliphatic heterocycles. The zero-order chi connectivity index (χ0) is 34.5. The van der Waals surface area contributed by atoms with E-state index < -0.39 is 41.0 Å². The molecule has 47 heavy (non-hydrogen) atoms. The summed E-state index contributed by atoms with van der Waals surface area (Å²) >= 11 is 3.63. The second-order valence-electron chi connectivity index (χ2n) is 12.9. The van der Waals surface area contributed by atoms with Crippen LogP contribution in [0.2, 0.25) is 0 Å². The van der Waals surface area contributed by atoms with Gasteiger partial charge in [-0.2, -0.15) is 0 Å². The third-order valence-corrected chi connectivity index (χ3v) is 10.0. The molecule has 8 nitrogen and oxygen atoms in total. The number of unbranched alkanes of at least 4 members (excludes halogenated alkanes) is 3. The number of carbonyl (C=O) groups is 3. The van der Waals surface area contributed by atoms with Crippen LogP contribution in [0.4, 0.5) is 11.4 Å². The third-order valence-electron chi connectivity index (χ3n) is 9.44. The summed E-state index contributed by atoms with van der Waals surface area (Å²) in [5.41, 5.74) is 3.66. The first-order valence-corrected chi connectivity index (χ1v) is 17.1. The van der Waals surface area contributed by atoms with Crippen LogP contribution in [0.15, 0.2) is 53.0 Å². The maximum Gasteiger partial charge on any atom is 0.235 e. The Morgan fingerprint density at radius 2 is 1.53 bits per heavy atom. The molecule has 2 amide bonds. The predicted octanol–water partition coefficient (Wildman–Crippen LogP) is 7.97. The van der Waals surface area contributed by atoms with Crippen molar-refractivity contribution < 1.29 is 29.0 Å². The number of rotatable bonds is 12. The smallest absolute Gasteiger partial charge is 0.235 e. The van der Waals surface area contributed by atoms with E-state index in [-0.39, 0.29) is 6.42 Å². The van der Waals surface area contributed by atoms with Crippen LogP contribution in [0.3, 0.4) is 0 Å². The van der Waals surface area contributed by atoms with Gasteiger partial charge >= 0.3 is 0 Å². The number of nitrogens with one attached hydrogen (secondary N) is 2. The number of methoxy groups -OCH3 is 1.